The minimum Gasteiger partial charge on any atom is -0.398 e. The molecule has 3 nitrogen and oxygen atoms in total. The van der Waals surface area contributed by atoms with Crippen molar-refractivity contribution < 1.29 is 5.11 Å². The van der Waals surface area contributed by atoms with Gasteiger partial charge in [-0.25, -0.2) is 0 Å². The van der Waals surface area contributed by atoms with Crippen molar-refractivity contribution >= 4 is 11.4 Å². The van der Waals surface area contributed by atoms with E-state index in [2.05, 4.69) is 19.2 Å². The number of aryl methyl sites for hydroxylation is 1. The summed E-state index contributed by atoms with van der Waals surface area (Å²) in [6.45, 7) is 6.79. The SMILES string of the molecule is CCC(CC)C(O)CNc1ccc(C)c(N)c1. The summed E-state index contributed by atoms with van der Waals surface area (Å²) in [7, 11) is 0. The molecule has 0 aliphatic rings. The van der Waals surface area contributed by atoms with Gasteiger partial charge in [0.05, 0.1) is 6.10 Å². The summed E-state index contributed by atoms with van der Waals surface area (Å²) >= 11 is 0. The molecule has 1 aromatic rings. The summed E-state index contributed by atoms with van der Waals surface area (Å²) in [5.41, 5.74) is 8.67. The lowest BCUT2D eigenvalue weighted by molar-refractivity contribution is 0.114. The molecule has 0 aliphatic heterocycles. The lowest BCUT2D eigenvalue weighted by atomic mass is 9.96. The summed E-state index contributed by atoms with van der Waals surface area (Å²) in [6, 6.07) is 5.89. The molecule has 3 heteroatoms. The highest BCUT2D eigenvalue weighted by atomic mass is 16.3. The number of rotatable bonds is 6. The minimum absolute atomic E-state index is 0.299. The molecule has 0 saturated heterocycles. The molecule has 1 atom stereocenters. The summed E-state index contributed by atoms with van der Waals surface area (Å²) in [4.78, 5) is 0. The molecule has 1 unspecified atom stereocenters. The topological polar surface area (TPSA) is 58.3 Å². The predicted octanol–water partition coefficient (Wildman–Crippen LogP) is 2.79. The number of benzene rings is 1. The molecular weight excluding hydrogens is 212 g/mol. The third-order valence-electron chi connectivity index (χ3n) is 3.39. The molecular formula is C14H24N2O. The van der Waals surface area contributed by atoms with Crippen LogP contribution in [0.4, 0.5) is 11.4 Å². The van der Waals surface area contributed by atoms with Gasteiger partial charge in [0.2, 0.25) is 0 Å². The average molecular weight is 236 g/mol. The van der Waals surface area contributed by atoms with Gasteiger partial charge in [-0.3, -0.25) is 0 Å². The van der Waals surface area contributed by atoms with Crippen LogP contribution in [0.15, 0.2) is 18.2 Å². The van der Waals surface area contributed by atoms with Crippen molar-refractivity contribution in [3.8, 4) is 0 Å². The van der Waals surface area contributed by atoms with Gasteiger partial charge in [-0.05, 0) is 30.5 Å². The normalized spacial score (nSPS) is 12.8. The fraction of sp³-hybridized carbons (Fsp3) is 0.571. The number of aliphatic hydroxyl groups is 1. The van der Waals surface area contributed by atoms with Crippen LogP contribution in [0.5, 0.6) is 0 Å². The predicted molar refractivity (Wildman–Crippen MR) is 74.2 cm³/mol. The van der Waals surface area contributed by atoms with Crippen LogP contribution in [0.3, 0.4) is 0 Å². The summed E-state index contributed by atoms with van der Waals surface area (Å²) < 4.78 is 0. The van der Waals surface area contributed by atoms with E-state index >= 15 is 0 Å². The van der Waals surface area contributed by atoms with E-state index in [-0.39, 0.29) is 6.10 Å². The maximum absolute atomic E-state index is 10.0. The van der Waals surface area contributed by atoms with Gasteiger partial charge in [0, 0.05) is 17.9 Å². The smallest absolute Gasteiger partial charge is 0.0740 e. The molecule has 1 aromatic carbocycles. The van der Waals surface area contributed by atoms with Crippen LogP contribution < -0.4 is 11.1 Å². The largest absolute Gasteiger partial charge is 0.398 e. The van der Waals surface area contributed by atoms with Crippen molar-refractivity contribution in [3.05, 3.63) is 23.8 Å². The zero-order chi connectivity index (χ0) is 12.8. The van der Waals surface area contributed by atoms with Gasteiger partial charge in [0.25, 0.3) is 0 Å². The first kappa shape index (κ1) is 13.8. The summed E-state index contributed by atoms with van der Waals surface area (Å²) in [5, 5.41) is 13.2. The van der Waals surface area contributed by atoms with Gasteiger partial charge in [-0.2, -0.15) is 0 Å². The van der Waals surface area contributed by atoms with Gasteiger partial charge < -0.3 is 16.2 Å². The van der Waals surface area contributed by atoms with E-state index in [1.54, 1.807) is 0 Å². The Labute approximate surface area is 104 Å². The molecule has 0 fully saturated rings. The number of hydrogen-bond donors (Lipinski definition) is 3. The molecule has 4 N–H and O–H groups in total. The standard InChI is InChI=1S/C14H24N2O/c1-4-11(5-2)14(17)9-16-12-7-6-10(3)13(15)8-12/h6-8,11,14,16-17H,4-5,9,15H2,1-3H3. The Morgan fingerprint density at radius 2 is 1.94 bits per heavy atom. The van der Waals surface area contributed by atoms with Gasteiger partial charge in [0.15, 0.2) is 0 Å². The second-order valence-corrected chi connectivity index (χ2v) is 4.60. The minimum atomic E-state index is -0.299. The average Bonchev–Trinajstić information content (AvgIpc) is 2.32. The van der Waals surface area contributed by atoms with E-state index in [0.717, 1.165) is 29.8 Å². The molecule has 0 radical (unpaired) electrons. The maximum atomic E-state index is 10.0. The summed E-state index contributed by atoms with van der Waals surface area (Å²) in [5.74, 6) is 0.366. The Balaban J connectivity index is 2.52. The molecule has 0 spiro atoms. The van der Waals surface area contributed by atoms with Crippen molar-refractivity contribution in [1.29, 1.82) is 0 Å². The number of aliphatic hydroxyl groups excluding tert-OH is 1. The van der Waals surface area contributed by atoms with Gasteiger partial charge in [-0.1, -0.05) is 32.8 Å². The molecule has 17 heavy (non-hydrogen) atoms. The van der Waals surface area contributed by atoms with Crippen molar-refractivity contribution in [2.75, 3.05) is 17.6 Å². The molecule has 0 bridgehead atoms. The van der Waals surface area contributed by atoms with E-state index in [1.165, 1.54) is 0 Å². The first-order chi connectivity index (χ1) is 8.08. The zero-order valence-corrected chi connectivity index (χ0v) is 11.0. The van der Waals surface area contributed by atoms with Crippen LogP contribution in [0.2, 0.25) is 0 Å². The molecule has 0 heterocycles. The second-order valence-electron chi connectivity index (χ2n) is 4.60. The third kappa shape index (κ3) is 3.93. The Morgan fingerprint density at radius 1 is 1.29 bits per heavy atom. The molecule has 0 amide bonds. The molecule has 1 rings (SSSR count). The van der Waals surface area contributed by atoms with Gasteiger partial charge >= 0.3 is 0 Å². The van der Waals surface area contributed by atoms with Crippen molar-refractivity contribution in [1.82, 2.24) is 0 Å². The Morgan fingerprint density at radius 3 is 2.47 bits per heavy atom. The quantitative estimate of drug-likeness (QED) is 0.666. The number of anilines is 2. The van der Waals surface area contributed by atoms with E-state index in [1.807, 2.05) is 25.1 Å². The lowest BCUT2D eigenvalue weighted by Crippen LogP contribution is -2.27. The fourth-order valence-electron chi connectivity index (χ4n) is 1.97. The van der Waals surface area contributed by atoms with Crippen molar-refractivity contribution in [3.63, 3.8) is 0 Å². The molecule has 0 aromatic heterocycles. The fourth-order valence-corrected chi connectivity index (χ4v) is 1.97. The van der Waals surface area contributed by atoms with Crippen molar-refractivity contribution in [2.45, 2.75) is 39.7 Å². The lowest BCUT2D eigenvalue weighted by Gasteiger charge is -2.21. The number of hydrogen-bond acceptors (Lipinski definition) is 3. The molecule has 0 aliphatic carbocycles. The van der Waals surface area contributed by atoms with Crippen molar-refractivity contribution in [2.24, 2.45) is 5.92 Å². The monoisotopic (exact) mass is 236 g/mol. The highest BCUT2D eigenvalue weighted by Crippen LogP contribution is 2.18. The van der Waals surface area contributed by atoms with Crippen LogP contribution in [0, 0.1) is 12.8 Å². The Bertz CT molecular complexity index is 348. The first-order valence-corrected chi connectivity index (χ1v) is 6.36. The molecule has 96 valence electrons. The van der Waals surface area contributed by atoms with Crippen LogP contribution in [-0.2, 0) is 0 Å². The second kappa shape index (κ2) is 6.50. The van der Waals surface area contributed by atoms with E-state index < -0.39 is 0 Å². The highest BCUT2D eigenvalue weighted by Gasteiger charge is 2.14. The van der Waals surface area contributed by atoms with Crippen LogP contribution in [-0.4, -0.2) is 17.8 Å². The van der Waals surface area contributed by atoms with E-state index in [4.69, 9.17) is 5.73 Å². The third-order valence-corrected chi connectivity index (χ3v) is 3.39. The zero-order valence-electron chi connectivity index (χ0n) is 11.0. The van der Waals surface area contributed by atoms with Crippen LogP contribution >= 0.6 is 0 Å². The highest BCUT2D eigenvalue weighted by molar-refractivity contribution is 5.58. The number of nitrogen functional groups attached to an aromatic ring is 1. The van der Waals surface area contributed by atoms with Gasteiger partial charge in [0.1, 0.15) is 0 Å². The number of nitrogens with two attached hydrogens (primary N) is 1. The summed E-state index contributed by atoms with van der Waals surface area (Å²) in [6.07, 6.45) is 1.72. The van der Waals surface area contributed by atoms with E-state index in [9.17, 15) is 5.11 Å². The maximum Gasteiger partial charge on any atom is 0.0740 e. The Hall–Kier alpha value is -1.22. The van der Waals surface area contributed by atoms with Crippen LogP contribution in [0.1, 0.15) is 32.3 Å². The van der Waals surface area contributed by atoms with Crippen LogP contribution in [0.25, 0.3) is 0 Å². The number of nitrogens with one attached hydrogen (secondary N) is 1. The first-order valence-electron chi connectivity index (χ1n) is 6.36. The Kier molecular flexibility index (Phi) is 5.29. The molecule has 0 saturated carbocycles. The van der Waals surface area contributed by atoms with E-state index in [0.29, 0.717) is 12.5 Å². The van der Waals surface area contributed by atoms with Gasteiger partial charge in [-0.15, -0.1) is 0 Å².